The molecule has 0 aliphatic carbocycles. The van der Waals surface area contributed by atoms with Crippen LogP contribution in [0.3, 0.4) is 0 Å². The van der Waals surface area contributed by atoms with E-state index in [2.05, 4.69) is 5.32 Å². The zero-order valence-electron chi connectivity index (χ0n) is 26.4. The maximum Gasteiger partial charge on any atom is 0.333 e. The highest BCUT2D eigenvalue weighted by Gasteiger charge is 2.38. The van der Waals surface area contributed by atoms with Gasteiger partial charge in [-0.15, -0.1) is 0 Å². The van der Waals surface area contributed by atoms with Crippen molar-refractivity contribution in [3.05, 3.63) is 76.0 Å². The van der Waals surface area contributed by atoms with Crippen molar-refractivity contribution in [2.45, 2.75) is 60.5 Å². The first-order chi connectivity index (χ1) is 20.1. The van der Waals surface area contributed by atoms with Gasteiger partial charge < -0.3 is 19.5 Å². The van der Waals surface area contributed by atoms with Crippen LogP contribution in [0.2, 0.25) is 0 Å². The molecule has 0 aliphatic heterocycles. The molecule has 1 heterocycles. The third-order valence-corrected chi connectivity index (χ3v) is 7.56. The number of hydrogen-bond acceptors (Lipinski definition) is 6. The van der Waals surface area contributed by atoms with Crippen LogP contribution in [0.1, 0.15) is 59.0 Å². The number of rotatable bonds is 10. The standard InChI is InChI=1S/C33H42N4O6/c1-10-43-32(40)21(4)18-26(20(2)3)36(9)31(39)29(33(5,6)7)34-30(38)28-27(22-14-12-11-13-15-22)24-19-23(37(41)42)16-17-25(24)35(28)8/h11-20,26,29H,10H2,1-9H3,(H,34,38)/t26-,29-/m1/s1. The number of nitrogens with one attached hydrogen (secondary N) is 1. The number of non-ortho nitro benzene ring substituents is 1. The Morgan fingerprint density at radius 1 is 1.12 bits per heavy atom. The molecule has 10 nitrogen and oxygen atoms in total. The summed E-state index contributed by atoms with van der Waals surface area (Å²) in [6.45, 7) is 13.2. The Kier molecular flexibility index (Phi) is 10.2. The van der Waals surface area contributed by atoms with Crippen LogP contribution in [0.4, 0.5) is 5.69 Å². The number of fused-ring (bicyclic) bond motifs is 1. The Hall–Kier alpha value is -4.47. The Morgan fingerprint density at radius 3 is 2.28 bits per heavy atom. The van der Waals surface area contributed by atoms with E-state index in [0.717, 1.165) is 0 Å². The molecular formula is C33H42N4O6. The van der Waals surface area contributed by atoms with Gasteiger partial charge in [0, 0.05) is 48.3 Å². The quantitative estimate of drug-likeness (QED) is 0.136. The number of aromatic nitrogens is 1. The highest BCUT2D eigenvalue weighted by atomic mass is 16.6. The number of ether oxygens (including phenoxy) is 1. The topological polar surface area (TPSA) is 124 Å². The van der Waals surface area contributed by atoms with Crippen LogP contribution in [0.25, 0.3) is 22.0 Å². The monoisotopic (exact) mass is 590 g/mol. The first kappa shape index (κ1) is 33.0. The fraction of sp³-hybridized carbons (Fsp3) is 0.424. The molecule has 0 saturated heterocycles. The number of aryl methyl sites for hydroxylation is 1. The van der Waals surface area contributed by atoms with Gasteiger partial charge >= 0.3 is 5.97 Å². The van der Waals surface area contributed by atoms with Crippen molar-refractivity contribution in [1.82, 2.24) is 14.8 Å². The molecule has 230 valence electrons. The van der Waals surface area contributed by atoms with Gasteiger partial charge in [0.1, 0.15) is 11.7 Å². The van der Waals surface area contributed by atoms with E-state index in [-0.39, 0.29) is 29.8 Å². The molecular weight excluding hydrogens is 548 g/mol. The lowest BCUT2D eigenvalue weighted by Crippen LogP contribution is -2.56. The molecule has 0 radical (unpaired) electrons. The van der Waals surface area contributed by atoms with Gasteiger partial charge in [-0.1, -0.05) is 71.0 Å². The predicted molar refractivity (Wildman–Crippen MR) is 168 cm³/mol. The number of amides is 2. The molecule has 43 heavy (non-hydrogen) atoms. The predicted octanol–water partition coefficient (Wildman–Crippen LogP) is 5.89. The Morgan fingerprint density at radius 2 is 1.74 bits per heavy atom. The summed E-state index contributed by atoms with van der Waals surface area (Å²) in [5.74, 6) is -1.28. The molecule has 3 rings (SSSR count). The van der Waals surface area contributed by atoms with E-state index >= 15 is 0 Å². The third kappa shape index (κ3) is 7.13. The fourth-order valence-corrected chi connectivity index (χ4v) is 5.23. The van der Waals surface area contributed by atoms with Gasteiger partial charge in [-0.3, -0.25) is 19.7 Å². The molecule has 2 aromatic carbocycles. The molecule has 0 fully saturated rings. The first-order valence-electron chi connectivity index (χ1n) is 14.3. The molecule has 2 amide bonds. The van der Waals surface area contributed by atoms with E-state index < -0.39 is 34.3 Å². The molecule has 0 spiro atoms. The largest absolute Gasteiger partial charge is 0.463 e. The normalized spacial score (nSPS) is 13.5. The number of benzene rings is 2. The van der Waals surface area contributed by atoms with Crippen molar-refractivity contribution in [1.29, 1.82) is 0 Å². The van der Waals surface area contributed by atoms with Crippen molar-refractivity contribution in [2.75, 3.05) is 13.7 Å². The average Bonchev–Trinajstić information content (AvgIpc) is 3.24. The van der Waals surface area contributed by atoms with Crippen LogP contribution < -0.4 is 5.32 Å². The van der Waals surface area contributed by atoms with Crippen LogP contribution in [-0.2, 0) is 21.4 Å². The van der Waals surface area contributed by atoms with Gasteiger partial charge in [-0.25, -0.2) is 4.79 Å². The van der Waals surface area contributed by atoms with E-state index in [1.165, 1.54) is 12.1 Å². The average molecular weight is 591 g/mol. The fourth-order valence-electron chi connectivity index (χ4n) is 5.23. The molecule has 2 atom stereocenters. The highest BCUT2D eigenvalue weighted by molar-refractivity contribution is 6.11. The first-order valence-corrected chi connectivity index (χ1v) is 14.3. The van der Waals surface area contributed by atoms with Crippen LogP contribution in [0.5, 0.6) is 0 Å². The van der Waals surface area contributed by atoms with E-state index in [9.17, 15) is 24.5 Å². The molecule has 1 aromatic heterocycles. The molecule has 10 heteroatoms. The second-order valence-corrected chi connectivity index (χ2v) is 12.1. The van der Waals surface area contributed by atoms with E-state index in [1.807, 2.05) is 65.0 Å². The highest BCUT2D eigenvalue weighted by Crippen LogP contribution is 2.37. The lowest BCUT2D eigenvalue weighted by atomic mass is 9.85. The lowest BCUT2D eigenvalue weighted by Gasteiger charge is -2.37. The van der Waals surface area contributed by atoms with Gasteiger partial charge in [0.2, 0.25) is 5.91 Å². The summed E-state index contributed by atoms with van der Waals surface area (Å²) in [4.78, 5) is 53.3. The summed E-state index contributed by atoms with van der Waals surface area (Å²) in [6.07, 6.45) is 1.73. The smallest absolute Gasteiger partial charge is 0.333 e. The number of esters is 1. The molecule has 1 N–H and O–H groups in total. The Balaban J connectivity index is 2.10. The van der Waals surface area contributed by atoms with Crippen molar-refractivity contribution in [2.24, 2.45) is 18.4 Å². The van der Waals surface area contributed by atoms with Crippen LogP contribution >= 0.6 is 0 Å². The van der Waals surface area contributed by atoms with E-state index in [1.54, 1.807) is 49.6 Å². The molecule has 0 saturated carbocycles. The maximum absolute atomic E-state index is 14.2. The summed E-state index contributed by atoms with van der Waals surface area (Å²) >= 11 is 0. The van der Waals surface area contributed by atoms with Gasteiger partial charge in [0.15, 0.2) is 0 Å². The molecule has 3 aromatic rings. The number of hydrogen-bond donors (Lipinski definition) is 1. The number of carbonyl (C=O) groups excluding carboxylic acids is 3. The van der Waals surface area contributed by atoms with E-state index in [4.69, 9.17) is 4.74 Å². The third-order valence-electron chi connectivity index (χ3n) is 7.56. The SMILES string of the molecule is CCOC(=O)C(C)=C[C@H](C(C)C)N(C)C(=O)[C@@H](NC(=O)c1c(-c2ccccc2)c2cc([N+](=O)[O-])ccc2n1C)C(C)(C)C. The Bertz CT molecular complexity index is 1550. The minimum atomic E-state index is -0.932. The van der Waals surface area contributed by atoms with Crippen molar-refractivity contribution >= 4 is 34.4 Å². The molecule has 0 unspecified atom stereocenters. The number of nitrogens with zero attached hydrogens (tertiary/aromatic N) is 3. The summed E-state index contributed by atoms with van der Waals surface area (Å²) in [5.41, 5.74) is 1.81. The van der Waals surface area contributed by atoms with Crippen LogP contribution in [0, 0.1) is 21.4 Å². The number of nitro groups is 1. The van der Waals surface area contributed by atoms with Crippen molar-refractivity contribution in [3.63, 3.8) is 0 Å². The van der Waals surface area contributed by atoms with Crippen molar-refractivity contribution < 1.29 is 24.0 Å². The summed E-state index contributed by atoms with van der Waals surface area (Å²) in [5, 5.41) is 15.2. The summed E-state index contributed by atoms with van der Waals surface area (Å²) < 4.78 is 6.83. The van der Waals surface area contributed by atoms with Gasteiger partial charge in [-0.2, -0.15) is 0 Å². The number of nitro benzene ring substituents is 1. The summed E-state index contributed by atoms with van der Waals surface area (Å²) in [7, 11) is 3.39. The minimum Gasteiger partial charge on any atom is -0.463 e. The maximum atomic E-state index is 14.2. The van der Waals surface area contributed by atoms with Crippen molar-refractivity contribution in [3.8, 4) is 11.1 Å². The van der Waals surface area contributed by atoms with Gasteiger partial charge in [0.25, 0.3) is 11.6 Å². The van der Waals surface area contributed by atoms with E-state index in [0.29, 0.717) is 27.6 Å². The second-order valence-electron chi connectivity index (χ2n) is 12.1. The molecule has 0 bridgehead atoms. The van der Waals surface area contributed by atoms with Crippen LogP contribution in [0.15, 0.2) is 60.2 Å². The summed E-state index contributed by atoms with van der Waals surface area (Å²) in [6, 6.07) is 12.4. The second kappa shape index (κ2) is 13.2. The molecule has 0 aliphatic rings. The van der Waals surface area contributed by atoms with Gasteiger partial charge in [-0.05, 0) is 36.8 Å². The lowest BCUT2D eigenvalue weighted by molar-refractivity contribution is -0.384. The zero-order chi connectivity index (χ0) is 32.2. The number of likely N-dealkylation sites (N-methyl/N-ethyl adjacent to an activating group) is 1. The van der Waals surface area contributed by atoms with Crippen LogP contribution in [-0.4, -0.2) is 57.9 Å². The minimum absolute atomic E-state index is 0.0340. The Labute approximate surface area is 252 Å². The zero-order valence-corrected chi connectivity index (χ0v) is 26.4. The number of carbonyl (C=O) groups is 3. The van der Waals surface area contributed by atoms with Gasteiger partial charge in [0.05, 0.1) is 17.6 Å².